The van der Waals surface area contributed by atoms with Gasteiger partial charge in [0.05, 0.1) is 37.8 Å². The molecule has 32 heavy (non-hydrogen) atoms. The Bertz CT molecular complexity index is 1040. The highest BCUT2D eigenvalue weighted by Gasteiger charge is 2.21. The molecule has 3 aromatic rings. The number of hydrogen-bond acceptors (Lipinski definition) is 5. The average molecular weight is 435 g/mol. The summed E-state index contributed by atoms with van der Waals surface area (Å²) in [5, 5.41) is 8.13. The van der Waals surface area contributed by atoms with E-state index < -0.39 is 0 Å². The molecule has 0 amide bonds. The zero-order valence-corrected chi connectivity index (χ0v) is 18.9. The van der Waals surface area contributed by atoms with Crippen molar-refractivity contribution in [2.75, 3.05) is 52.3 Å². The van der Waals surface area contributed by atoms with Crippen LogP contribution in [0.5, 0.6) is 11.5 Å². The van der Waals surface area contributed by atoms with Crippen LogP contribution < -0.4 is 19.7 Å². The molecule has 0 unspecified atom stereocenters. The number of aliphatic imine (C=N–C) groups is 1. The van der Waals surface area contributed by atoms with Gasteiger partial charge in [0.25, 0.3) is 0 Å². The third kappa shape index (κ3) is 4.80. The number of ether oxygens (including phenoxy) is 2. The summed E-state index contributed by atoms with van der Waals surface area (Å²) in [5.74, 6) is 2.64. The molecule has 0 spiro atoms. The average Bonchev–Trinajstić information content (AvgIpc) is 3.34. The van der Waals surface area contributed by atoms with Crippen LogP contribution in [0.25, 0.3) is 5.69 Å². The third-order valence-electron chi connectivity index (χ3n) is 5.63. The Hall–Kier alpha value is -3.68. The van der Waals surface area contributed by atoms with E-state index in [2.05, 4.69) is 37.3 Å². The summed E-state index contributed by atoms with van der Waals surface area (Å²) in [5.41, 5.74) is 3.09. The van der Waals surface area contributed by atoms with Gasteiger partial charge in [0.1, 0.15) is 11.5 Å². The molecule has 0 bridgehead atoms. The maximum Gasteiger partial charge on any atom is 0.194 e. The van der Waals surface area contributed by atoms with Crippen molar-refractivity contribution in [3.63, 3.8) is 0 Å². The minimum absolute atomic E-state index is 0.614. The van der Waals surface area contributed by atoms with E-state index in [4.69, 9.17) is 9.47 Å². The quantitative estimate of drug-likeness (QED) is 0.475. The normalized spacial score (nSPS) is 14.4. The van der Waals surface area contributed by atoms with Gasteiger partial charge in [0.15, 0.2) is 5.96 Å². The van der Waals surface area contributed by atoms with Gasteiger partial charge in [0.2, 0.25) is 0 Å². The second-order valence-corrected chi connectivity index (χ2v) is 7.50. The van der Waals surface area contributed by atoms with Crippen LogP contribution in [-0.2, 0) is 6.54 Å². The summed E-state index contributed by atoms with van der Waals surface area (Å²) in [7, 11) is 5.21. The number of aromatic nitrogens is 2. The fourth-order valence-corrected chi connectivity index (χ4v) is 3.89. The van der Waals surface area contributed by atoms with Gasteiger partial charge < -0.3 is 24.6 Å². The molecule has 168 valence electrons. The standard InChI is InChI=1S/C24H30N6O2/c1-25-24(29-16-14-28(15-17-29)22-6-4-5-7-23(22)32-3)26-18-19-12-13-30(27-19)20-8-10-21(31-2)11-9-20/h4-13H,14-18H2,1-3H3,(H,25,26). The molecule has 1 fully saturated rings. The largest absolute Gasteiger partial charge is 0.497 e. The maximum absolute atomic E-state index is 5.52. The van der Waals surface area contributed by atoms with Gasteiger partial charge in [-0.2, -0.15) is 5.10 Å². The van der Waals surface area contributed by atoms with Gasteiger partial charge in [-0.15, -0.1) is 0 Å². The molecular formula is C24H30N6O2. The van der Waals surface area contributed by atoms with E-state index in [9.17, 15) is 0 Å². The van der Waals surface area contributed by atoms with Crippen molar-refractivity contribution < 1.29 is 9.47 Å². The van der Waals surface area contributed by atoms with Crippen LogP contribution in [0, 0.1) is 0 Å². The van der Waals surface area contributed by atoms with Crippen LogP contribution in [-0.4, -0.2) is 68.1 Å². The number of anilines is 1. The van der Waals surface area contributed by atoms with Gasteiger partial charge >= 0.3 is 0 Å². The monoisotopic (exact) mass is 434 g/mol. The predicted molar refractivity (Wildman–Crippen MR) is 127 cm³/mol. The molecule has 8 nitrogen and oxygen atoms in total. The fraction of sp³-hybridized carbons (Fsp3) is 0.333. The first kappa shape index (κ1) is 21.5. The highest BCUT2D eigenvalue weighted by molar-refractivity contribution is 5.80. The van der Waals surface area contributed by atoms with E-state index in [1.165, 1.54) is 0 Å². The first-order valence-electron chi connectivity index (χ1n) is 10.7. The molecule has 0 aliphatic carbocycles. The molecule has 8 heteroatoms. The molecule has 1 aliphatic rings. The third-order valence-corrected chi connectivity index (χ3v) is 5.63. The van der Waals surface area contributed by atoms with Gasteiger partial charge in [-0.25, -0.2) is 4.68 Å². The number of nitrogens with one attached hydrogen (secondary N) is 1. The van der Waals surface area contributed by atoms with Crippen molar-refractivity contribution >= 4 is 11.6 Å². The Morgan fingerprint density at radius 1 is 0.969 bits per heavy atom. The molecule has 1 aliphatic heterocycles. The van der Waals surface area contributed by atoms with E-state index in [1.54, 1.807) is 14.2 Å². The van der Waals surface area contributed by atoms with Crippen LogP contribution in [0.3, 0.4) is 0 Å². The minimum atomic E-state index is 0.614. The van der Waals surface area contributed by atoms with E-state index in [0.29, 0.717) is 6.54 Å². The molecular weight excluding hydrogens is 404 g/mol. The van der Waals surface area contributed by atoms with Crippen LogP contribution in [0.1, 0.15) is 5.69 Å². The Labute approximate surface area is 189 Å². The van der Waals surface area contributed by atoms with E-state index >= 15 is 0 Å². The number of para-hydroxylation sites is 2. The van der Waals surface area contributed by atoms with E-state index in [1.807, 2.05) is 60.4 Å². The second-order valence-electron chi connectivity index (χ2n) is 7.50. The van der Waals surface area contributed by atoms with Crippen molar-refractivity contribution in [2.45, 2.75) is 6.54 Å². The van der Waals surface area contributed by atoms with E-state index in [0.717, 1.165) is 60.7 Å². The van der Waals surface area contributed by atoms with Crippen LogP contribution in [0.4, 0.5) is 5.69 Å². The fourth-order valence-electron chi connectivity index (χ4n) is 3.89. The molecule has 1 aromatic heterocycles. The number of piperazine rings is 1. The van der Waals surface area contributed by atoms with Crippen LogP contribution in [0.2, 0.25) is 0 Å². The number of methoxy groups -OCH3 is 2. The summed E-state index contributed by atoms with van der Waals surface area (Å²) < 4.78 is 12.6. The molecule has 0 radical (unpaired) electrons. The molecule has 4 rings (SSSR count). The lowest BCUT2D eigenvalue weighted by atomic mass is 10.2. The Morgan fingerprint density at radius 2 is 1.72 bits per heavy atom. The first-order chi connectivity index (χ1) is 15.7. The second kappa shape index (κ2) is 10.1. The predicted octanol–water partition coefficient (Wildman–Crippen LogP) is 2.79. The number of guanidine groups is 1. The van der Waals surface area contributed by atoms with E-state index in [-0.39, 0.29) is 0 Å². The Morgan fingerprint density at radius 3 is 2.41 bits per heavy atom. The molecule has 1 N–H and O–H groups in total. The molecule has 2 aromatic carbocycles. The SMILES string of the molecule is CN=C(NCc1ccn(-c2ccc(OC)cc2)n1)N1CCN(c2ccccc2OC)CC1. The van der Waals surface area contributed by atoms with Crippen molar-refractivity contribution in [2.24, 2.45) is 4.99 Å². The van der Waals surface area contributed by atoms with Crippen molar-refractivity contribution in [1.29, 1.82) is 0 Å². The zero-order chi connectivity index (χ0) is 22.3. The lowest BCUT2D eigenvalue weighted by Gasteiger charge is -2.38. The van der Waals surface area contributed by atoms with Crippen molar-refractivity contribution in [3.8, 4) is 17.2 Å². The van der Waals surface area contributed by atoms with Crippen molar-refractivity contribution in [1.82, 2.24) is 20.0 Å². The molecule has 0 atom stereocenters. The zero-order valence-electron chi connectivity index (χ0n) is 18.9. The Kier molecular flexibility index (Phi) is 6.79. The number of rotatable bonds is 6. The summed E-state index contributed by atoms with van der Waals surface area (Å²) >= 11 is 0. The summed E-state index contributed by atoms with van der Waals surface area (Å²) in [6, 6.07) is 18.0. The van der Waals surface area contributed by atoms with Gasteiger partial charge in [-0.1, -0.05) is 12.1 Å². The summed E-state index contributed by atoms with van der Waals surface area (Å²) in [4.78, 5) is 9.13. The molecule has 2 heterocycles. The summed E-state index contributed by atoms with van der Waals surface area (Å²) in [6.45, 7) is 4.21. The number of hydrogen-bond donors (Lipinski definition) is 1. The smallest absolute Gasteiger partial charge is 0.194 e. The lowest BCUT2D eigenvalue weighted by molar-refractivity contribution is 0.367. The minimum Gasteiger partial charge on any atom is -0.497 e. The van der Waals surface area contributed by atoms with Crippen LogP contribution >= 0.6 is 0 Å². The van der Waals surface area contributed by atoms with Gasteiger partial charge in [0, 0.05) is 39.4 Å². The highest BCUT2D eigenvalue weighted by atomic mass is 16.5. The summed E-state index contributed by atoms with van der Waals surface area (Å²) in [6.07, 6.45) is 1.97. The first-order valence-corrected chi connectivity index (χ1v) is 10.7. The Balaban J connectivity index is 1.32. The molecule has 1 saturated heterocycles. The maximum atomic E-state index is 5.52. The topological polar surface area (TPSA) is 67.2 Å². The van der Waals surface area contributed by atoms with Crippen LogP contribution in [0.15, 0.2) is 65.8 Å². The van der Waals surface area contributed by atoms with Crippen molar-refractivity contribution in [3.05, 3.63) is 66.5 Å². The molecule has 0 saturated carbocycles. The highest BCUT2D eigenvalue weighted by Crippen LogP contribution is 2.28. The van der Waals surface area contributed by atoms with Gasteiger partial charge in [-0.3, -0.25) is 4.99 Å². The lowest BCUT2D eigenvalue weighted by Crippen LogP contribution is -2.52. The number of benzene rings is 2. The van der Waals surface area contributed by atoms with Gasteiger partial charge in [-0.05, 0) is 42.5 Å². The number of nitrogens with zero attached hydrogens (tertiary/aromatic N) is 5.